The Morgan fingerprint density at radius 3 is 2.75 bits per heavy atom. The molecule has 1 aromatic carbocycles. The quantitative estimate of drug-likeness (QED) is 0.812. The molecule has 1 fully saturated rings. The molecule has 112 valence electrons. The summed E-state index contributed by atoms with van der Waals surface area (Å²) in [6.07, 6.45) is 5.39. The Kier molecular flexibility index (Phi) is 6.55. The van der Waals surface area contributed by atoms with Gasteiger partial charge in [0, 0.05) is 32.2 Å². The summed E-state index contributed by atoms with van der Waals surface area (Å²) in [5, 5.41) is 3.56. The first-order valence-corrected chi connectivity index (χ1v) is 8.34. The maximum absolute atomic E-state index is 3.56. The van der Waals surface area contributed by atoms with Gasteiger partial charge in [0.2, 0.25) is 0 Å². The lowest BCUT2D eigenvalue weighted by molar-refractivity contribution is 0.131. The maximum Gasteiger partial charge on any atom is 0.0473 e. The Bertz CT molecular complexity index is 363. The highest BCUT2D eigenvalue weighted by atomic mass is 15.2. The molecule has 1 aliphatic rings. The van der Waals surface area contributed by atoms with Gasteiger partial charge in [-0.2, -0.15) is 0 Å². The van der Waals surface area contributed by atoms with Gasteiger partial charge < -0.3 is 5.32 Å². The van der Waals surface area contributed by atoms with Crippen molar-refractivity contribution in [1.29, 1.82) is 0 Å². The molecular weight excluding hydrogens is 244 g/mol. The Labute approximate surface area is 124 Å². The van der Waals surface area contributed by atoms with Crippen molar-refractivity contribution >= 4 is 0 Å². The van der Waals surface area contributed by atoms with Crippen LogP contribution in [0.15, 0.2) is 30.3 Å². The van der Waals surface area contributed by atoms with Crippen LogP contribution in [0.4, 0.5) is 0 Å². The second-order valence-electron chi connectivity index (χ2n) is 6.04. The highest BCUT2D eigenvalue weighted by molar-refractivity contribution is 5.20. The second-order valence-corrected chi connectivity index (χ2v) is 6.04. The van der Waals surface area contributed by atoms with Crippen molar-refractivity contribution in [2.45, 2.75) is 45.6 Å². The zero-order valence-electron chi connectivity index (χ0n) is 13.1. The Hall–Kier alpha value is -0.860. The van der Waals surface area contributed by atoms with Gasteiger partial charge in [-0.1, -0.05) is 63.4 Å². The first kappa shape index (κ1) is 15.5. The fourth-order valence-electron chi connectivity index (χ4n) is 3.22. The van der Waals surface area contributed by atoms with Crippen LogP contribution in [0, 0.1) is 5.92 Å². The number of hydrogen-bond donors (Lipinski definition) is 1. The Balaban J connectivity index is 1.99. The van der Waals surface area contributed by atoms with Gasteiger partial charge in [-0.25, -0.2) is 0 Å². The molecule has 1 N–H and O–H groups in total. The van der Waals surface area contributed by atoms with E-state index in [0.717, 1.165) is 19.0 Å². The predicted molar refractivity (Wildman–Crippen MR) is 86.9 cm³/mol. The first-order valence-electron chi connectivity index (χ1n) is 8.34. The molecule has 1 aromatic rings. The molecule has 2 nitrogen and oxygen atoms in total. The third-order valence-electron chi connectivity index (χ3n) is 4.57. The minimum Gasteiger partial charge on any atom is -0.314 e. The molecular formula is C18H30N2. The van der Waals surface area contributed by atoms with Crippen LogP contribution in [-0.4, -0.2) is 31.1 Å². The first-order chi connectivity index (χ1) is 9.85. The van der Waals surface area contributed by atoms with Gasteiger partial charge >= 0.3 is 0 Å². The summed E-state index contributed by atoms with van der Waals surface area (Å²) < 4.78 is 0. The molecule has 20 heavy (non-hydrogen) atoms. The summed E-state index contributed by atoms with van der Waals surface area (Å²) in [7, 11) is 0. The van der Waals surface area contributed by atoms with Crippen LogP contribution in [0.25, 0.3) is 0 Å². The van der Waals surface area contributed by atoms with E-state index in [1.54, 1.807) is 0 Å². The van der Waals surface area contributed by atoms with Crippen molar-refractivity contribution in [2.24, 2.45) is 5.92 Å². The summed E-state index contributed by atoms with van der Waals surface area (Å²) in [6.45, 7) is 9.31. The average molecular weight is 274 g/mol. The molecule has 2 atom stereocenters. The van der Waals surface area contributed by atoms with E-state index in [4.69, 9.17) is 0 Å². The minimum atomic E-state index is 0.556. The molecule has 0 bridgehead atoms. The summed E-state index contributed by atoms with van der Waals surface area (Å²) in [4.78, 5) is 2.70. The van der Waals surface area contributed by atoms with Gasteiger partial charge in [0.25, 0.3) is 0 Å². The van der Waals surface area contributed by atoms with Crippen molar-refractivity contribution < 1.29 is 0 Å². The molecule has 0 spiro atoms. The highest BCUT2D eigenvalue weighted by Crippen LogP contribution is 2.25. The van der Waals surface area contributed by atoms with Crippen molar-refractivity contribution in [3.63, 3.8) is 0 Å². The number of piperazine rings is 1. The van der Waals surface area contributed by atoms with Crippen molar-refractivity contribution in [3.05, 3.63) is 35.9 Å². The molecule has 1 aliphatic heterocycles. The van der Waals surface area contributed by atoms with Crippen LogP contribution >= 0.6 is 0 Å². The summed E-state index contributed by atoms with van der Waals surface area (Å²) >= 11 is 0. The zero-order chi connectivity index (χ0) is 14.2. The van der Waals surface area contributed by atoms with Crippen LogP contribution in [0.3, 0.4) is 0 Å². The fraction of sp³-hybridized carbons (Fsp3) is 0.667. The predicted octanol–water partition coefficient (Wildman–Crippen LogP) is 3.85. The van der Waals surface area contributed by atoms with Crippen LogP contribution in [0.1, 0.15) is 51.1 Å². The topological polar surface area (TPSA) is 15.3 Å². The normalized spacial score (nSPS) is 21.8. The lowest BCUT2D eigenvalue weighted by Crippen LogP contribution is -2.47. The molecule has 2 unspecified atom stereocenters. The molecule has 0 saturated carbocycles. The number of rotatable bonds is 7. The maximum atomic E-state index is 3.56. The van der Waals surface area contributed by atoms with Crippen molar-refractivity contribution in [2.75, 3.05) is 26.2 Å². The molecule has 0 aromatic heterocycles. The van der Waals surface area contributed by atoms with E-state index in [1.165, 1.54) is 44.3 Å². The average Bonchev–Trinajstić information content (AvgIpc) is 2.52. The van der Waals surface area contributed by atoms with Crippen molar-refractivity contribution in [3.8, 4) is 0 Å². The van der Waals surface area contributed by atoms with E-state index in [2.05, 4.69) is 54.4 Å². The number of unbranched alkanes of at least 4 members (excludes halogenated alkanes) is 1. The van der Waals surface area contributed by atoms with Gasteiger partial charge in [-0.3, -0.25) is 4.90 Å². The van der Waals surface area contributed by atoms with E-state index >= 15 is 0 Å². The third-order valence-corrected chi connectivity index (χ3v) is 4.57. The smallest absolute Gasteiger partial charge is 0.0473 e. The lowest BCUT2D eigenvalue weighted by Gasteiger charge is -2.38. The molecule has 2 rings (SSSR count). The number of nitrogens with zero attached hydrogens (tertiary/aromatic N) is 1. The van der Waals surface area contributed by atoms with Gasteiger partial charge in [-0.05, 0) is 17.9 Å². The molecule has 1 saturated heterocycles. The van der Waals surface area contributed by atoms with E-state index in [1.807, 2.05) is 0 Å². The molecule has 0 aliphatic carbocycles. The molecule has 0 radical (unpaired) electrons. The van der Waals surface area contributed by atoms with Crippen LogP contribution in [0.2, 0.25) is 0 Å². The summed E-state index contributed by atoms with van der Waals surface area (Å²) in [6, 6.07) is 11.5. The largest absolute Gasteiger partial charge is 0.314 e. The van der Waals surface area contributed by atoms with Gasteiger partial charge in [0.15, 0.2) is 0 Å². The third kappa shape index (κ3) is 4.32. The van der Waals surface area contributed by atoms with E-state index < -0.39 is 0 Å². The highest BCUT2D eigenvalue weighted by Gasteiger charge is 2.25. The SMILES string of the molecule is CCCCC(CC)CN1CCNCC1c1ccccc1. The number of hydrogen-bond acceptors (Lipinski definition) is 2. The number of nitrogens with one attached hydrogen (secondary N) is 1. The molecule has 2 heteroatoms. The Morgan fingerprint density at radius 1 is 1.25 bits per heavy atom. The van der Waals surface area contributed by atoms with Crippen LogP contribution in [-0.2, 0) is 0 Å². The second kappa shape index (κ2) is 8.43. The minimum absolute atomic E-state index is 0.556. The monoisotopic (exact) mass is 274 g/mol. The molecule has 1 heterocycles. The number of benzene rings is 1. The van der Waals surface area contributed by atoms with E-state index in [-0.39, 0.29) is 0 Å². The standard InChI is InChI=1S/C18H30N2/c1-3-5-9-16(4-2)15-20-13-12-19-14-18(20)17-10-7-6-8-11-17/h6-8,10-11,16,18-19H,3-5,9,12-15H2,1-2H3. The van der Waals surface area contributed by atoms with Gasteiger partial charge in [0.1, 0.15) is 0 Å². The van der Waals surface area contributed by atoms with Crippen LogP contribution < -0.4 is 5.32 Å². The van der Waals surface area contributed by atoms with Crippen molar-refractivity contribution in [1.82, 2.24) is 10.2 Å². The lowest BCUT2D eigenvalue weighted by atomic mass is 9.96. The Morgan fingerprint density at radius 2 is 2.05 bits per heavy atom. The summed E-state index contributed by atoms with van der Waals surface area (Å²) in [5.41, 5.74) is 1.46. The zero-order valence-corrected chi connectivity index (χ0v) is 13.1. The summed E-state index contributed by atoms with van der Waals surface area (Å²) in [5.74, 6) is 0.860. The van der Waals surface area contributed by atoms with E-state index in [0.29, 0.717) is 6.04 Å². The van der Waals surface area contributed by atoms with Crippen LogP contribution in [0.5, 0.6) is 0 Å². The fourth-order valence-corrected chi connectivity index (χ4v) is 3.22. The van der Waals surface area contributed by atoms with Gasteiger partial charge in [0.05, 0.1) is 0 Å². The van der Waals surface area contributed by atoms with Gasteiger partial charge in [-0.15, -0.1) is 0 Å². The van der Waals surface area contributed by atoms with E-state index in [9.17, 15) is 0 Å². The molecule has 0 amide bonds.